The highest BCUT2D eigenvalue weighted by molar-refractivity contribution is 6.61. The molecule has 0 aliphatic carbocycles. The first-order valence-corrected chi connectivity index (χ1v) is 7.99. The highest BCUT2D eigenvalue weighted by Gasteiger charge is 2.30. The largest absolute Gasteiger partial charge is 0.494 e. The molecule has 122 valence electrons. The topological polar surface area (TPSA) is 18.5 Å². The van der Waals surface area contributed by atoms with Crippen LogP contribution >= 0.6 is 0 Å². The van der Waals surface area contributed by atoms with Crippen molar-refractivity contribution in [3.63, 3.8) is 0 Å². The average Bonchev–Trinajstić information content (AvgIpc) is 2.52. The standard InChI is InChI=1S/C16H22BF3O2/c1-2-3-4-5-6-7-12-10-21-17(22-11-12)13-8-14(18)16(20)15(19)9-13/h8-9,12H,2-7,10-11H2,1H3. The van der Waals surface area contributed by atoms with Gasteiger partial charge in [0.1, 0.15) is 0 Å². The van der Waals surface area contributed by atoms with E-state index in [1.807, 2.05) is 0 Å². The SMILES string of the molecule is CCCCCCCC1COB(c2cc(F)c(F)c(F)c2)OC1. The van der Waals surface area contributed by atoms with Gasteiger partial charge >= 0.3 is 7.12 Å². The fourth-order valence-corrected chi connectivity index (χ4v) is 2.65. The summed E-state index contributed by atoms with van der Waals surface area (Å²) in [5.74, 6) is -3.60. The molecule has 0 bridgehead atoms. The van der Waals surface area contributed by atoms with Gasteiger partial charge in [0, 0.05) is 19.1 Å². The van der Waals surface area contributed by atoms with Crippen molar-refractivity contribution >= 4 is 12.6 Å². The second kappa shape index (κ2) is 8.58. The third-order valence-corrected chi connectivity index (χ3v) is 3.96. The molecule has 0 unspecified atom stereocenters. The number of hydrogen-bond acceptors (Lipinski definition) is 2. The van der Waals surface area contributed by atoms with E-state index in [9.17, 15) is 13.2 Å². The lowest BCUT2D eigenvalue weighted by Crippen LogP contribution is -2.44. The molecule has 6 heteroatoms. The lowest BCUT2D eigenvalue weighted by atomic mass is 9.77. The van der Waals surface area contributed by atoms with Gasteiger partial charge in [-0.3, -0.25) is 0 Å². The van der Waals surface area contributed by atoms with Crippen molar-refractivity contribution in [2.24, 2.45) is 5.92 Å². The number of unbranched alkanes of at least 4 members (excludes halogenated alkanes) is 4. The summed E-state index contributed by atoms with van der Waals surface area (Å²) in [5, 5.41) is 0. The van der Waals surface area contributed by atoms with Crippen molar-refractivity contribution in [1.82, 2.24) is 0 Å². The van der Waals surface area contributed by atoms with E-state index in [-0.39, 0.29) is 5.46 Å². The van der Waals surface area contributed by atoms with Crippen LogP contribution in [0, 0.1) is 23.4 Å². The van der Waals surface area contributed by atoms with Crippen LogP contribution in [0.2, 0.25) is 0 Å². The Morgan fingerprint density at radius 3 is 2.18 bits per heavy atom. The summed E-state index contributed by atoms with van der Waals surface area (Å²) in [7, 11) is -0.819. The Bertz CT molecular complexity index is 453. The predicted octanol–water partition coefficient (Wildman–Crippen LogP) is 3.82. The van der Waals surface area contributed by atoms with Crippen LogP contribution in [0.5, 0.6) is 0 Å². The van der Waals surface area contributed by atoms with Crippen molar-refractivity contribution in [3.05, 3.63) is 29.6 Å². The van der Waals surface area contributed by atoms with E-state index in [1.54, 1.807) is 0 Å². The minimum absolute atomic E-state index is 0.179. The Labute approximate surface area is 130 Å². The van der Waals surface area contributed by atoms with Crippen LogP contribution in [-0.2, 0) is 9.31 Å². The Morgan fingerprint density at radius 2 is 1.59 bits per heavy atom. The van der Waals surface area contributed by atoms with Crippen molar-refractivity contribution in [3.8, 4) is 0 Å². The van der Waals surface area contributed by atoms with Crippen LogP contribution in [0.15, 0.2) is 12.1 Å². The summed E-state index contributed by atoms with van der Waals surface area (Å²) in [6, 6.07) is 1.85. The molecule has 0 saturated carbocycles. The summed E-state index contributed by atoms with van der Waals surface area (Å²) in [4.78, 5) is 0. The van der Waals surface area contributed by atoms with E-state index in [0.717, 1.165) is 25.0 Å². The highest BCUT2D eigenvalue weighted by atomic mass is 19.2. The molecule has 1 saturated heterocycles. The molecular formula is C16H22BF3O2. The number of hydrogen-bond donors (Lipinski definition) is 0. The average molecular weight is 314 g/mol. The quantitative estimate of drug-likeness (QED) is 0.433. The molecule has 0 N–H and O–H groups in total. The Hall–Kier alpha value is -1.01. The maximum Gasteiger partial charge on any atom is 0.494 e. The molecule has 2 nitrogen and oxygen atoms in total. The molecule has 1 aliphatic rings. The van der Waals surface area contributed by atoms with Gasteiger partial charge in [0.15, 0.2) is 17.5 Å². The minimum Gasteiger partial charge on any atom is -0.407 e. The molecule has 2 rings (SSSR count). The van der Waals surface area contributed by atoms with Gasteiger partial charge in [-0.2, -0.15) is 0 Å². The van der Waals surface area contributed by atoms with Crippen molar-refractivity contribution in [2.75, 3.05) is 13.2 Å². The van der Waals surface area contributed by atoms with Crippen LogP contribution in [0.3, 0.4) is 0 Å². The molecule has 1 aliphatic heterocycles. The van der Waals surface area contributed by atoms with E-state index in [4.69, 9.17) is 9.31 Å². The first kappa shape index (κ1) is 17.4. The first-order valence-electron chi connectivity index (χ1n) is 7.99. The van der Waals surface area contributed by atoms with Gasteiger partial charge in [0.25, 0.3) is 0 Å². The maximum absolute atomic E-state index is 13.2. The zero-order valence-corrected chi connectivity index (χ0v) is 12.9. The fraction of sp³-hybridized carbons (Fsp3) is 0.625. The summed E-state index contributed by atoms with van der Waals surface area (Å²) >= 11 is 0. The molecule has 0 amide bonds. The third-order valence-electron chi connectivity index (χ3n) is 3.96. The molecule has 0 radical (unpaired) electrons. The van der Waals surface area contributed by atoms with Crippen LogP contribution in [0.25, 0.3) is 0 Å². The molecule has 0 spiro atoms. The summed E-state index contributed by atoms with van der Waals surface area (Å²) in [5.41, 5.74) is 0.179. The molecule has 1 aromatic rings. The van der Waals surface area contributed by atoms with E-state index in [0.29, 0.717) is 19.1 Å². The summed E-state index contributed by atoms with van der Waals surface area (Å²) in [6.07, 6.45) is 7.12. The number of rotatable bonds is 7. The summed E-state index contributed by atoms with van der Waals surface area (Å²) in [6.45, 7) is 3.18. The van der Waals surface area contributed by atoms with E-state index in [1.165, 1.54) is 25.7 Å². The van der Waals surface area contributed by atoms with Gasteiger partial charge in [-0.25, -0.2) is 13.2 Å². The van der Waals surface area contributed by atoms with Gasteiger partial charge < -0.3 is 9.31 Å². The Kier molecular flexibility index (Phi) is 6.77. The zero-order valence-electron chi connectivity index (χ0n) is 12.9. The monoisotopic (exact) mass is 314 g/mol. The Balaban J connectivity index is 1.77. The number of halogens is 3. The van der Waals surface area contributed by atoms with Crippen molar-refractivity contribution in [1.29, 1.82) is 0 Å². The molecule has 0 atom stereocenters. The first-order chi connectivity index (χ1) is 10.6. The zero-order chi connectivity index (χ0) is 15.9. The maximum atomic E-state index is 13.2. The van der Waals surface area contributed by atoms with Gasteiger partial charge in [0.05, 0.1) is 0 Å². The van der Waals surface area contributed by atoms with Crippen LogP contribution in [0.1, 0.15) is 45.4 Å². The van der Waals surface area contributed by atoms with Crippen molar-refractivity contribution in [2.45, 2.75) is 45.4 Å². The highest BCUT2D eigenvalue weighted by Crippen LogP contribution is 2.18. The lowest BCUT2D eigenvalue weighted by molar-refractivity contribution is 0.0809. The molecule has 22 heavy (non-hydrogen) atoms. The van der Waals surface area contributed by atoms with Gasteiger partial charge in [-0.05, 0) is 24.0 Å². The second-order valence-corrected chi connectivity index (χ2v) is 5.87. The van der Waals surface area contributed by atoms with E-state index >= 15 is 0 Å². The lowest BCUT2D eigenvalue weighted by Gasteiger charge is -2.27. The van der Waals surface area contributed by atoms with Crippen molar-refractivity contribution < 1.29 is 22.5 Å². The minimum atomic E-state index is -1.47. The van der Waals surface area contributed by atoms with Gasteiger partial charge in [-0.15, -0.1) is 0 Å². The second-order valence-electron chi connectivity index (χ2n) is 5.87. The molecule has 1 fully saturated rings. The van der Waals surface area contributed by atoms with Gasteiger partial charge in [-0.1, -0.05) is 39.0 Å². The molecular weight excluding hydrogens is 292 g/mol. The fourth-order valence-electron chi connectivity index (χ4n) is 2.65. The molecule has 1 heterocycles. The third kappa shape index (κ3) is 4.75. The van der Waals surface area contributed by atoms with E-state index < -0.39 is 24.6 Å². The smallest absolute Gasteiger partial charge is 0.407 e. The van der Waals surface area contributed by atoms with Gasteiger partial charge in [0.2, 0.25) is 0 Å². The van der Waals surface area contributed by atoms with Crippen LogP contribution < -0.4 is 5.46 Å². The molecule has 1 aromatic carbocycles. The number of benzene rings is 1. The van der Waals surface area contributed by atoms with E-state index in [2.05, 4.69) is 6.92 Å². The van der Waals surface area contributed by atoms with Crippen LogP contribution in [-0.4, -0.2) is 20.3 Å². The predicted molar refractivity (Wildman–Crippen MR) is 80.5 cm³/mol. The normalized spacial score (nSPS) is 16.3. The molecule has 0 aromatic heterocycles. The Morgan fingerprint density at radius 1 is 1.00 bits per heavy atom. The van der Waals surface area contributed by atoms with Crippen LogP contribution in [0.4, 0.5) is 13.2 Å². The summed E-state index contributed by atoms with van der Waals surface area (Å²) < 4.78 is 50.4.